The summed E-state index contributed by atoms with van der Waals surface area (Å²) in [7, 11) is 2.12. The Hall–Kier alpha value is 0.0300. The van der Waals surface area contributed by atoms with Crippen molar-refractivity contribution >= 4 is 62.9 Å². The second kappa shape index (κ2) is 7.73. The molecule has 1 aromatic carbocycles. The van der Waals surface area contributed by atoms with Crippen molar-refractivity contribution in [3.8, 4) is 5.75 Å². The van der Waals surface area contributed by atoms with Crippen molar-refractivity contribution in [2.75, 3.05) is 13.6 Å². The molecule has 0 radical (unpaired) electrons. The van der Waals surface area contributed by atoms with Gasteiger partial charge in [0.05, 0.1) is 9.36 Å². The fourth-order valence-corrected chi connectivity index (χ4v) is 4.40. The quantitative estimate of drug-likeness (QED) is 0.548. The summed E-state index contributed by atoms with van der Waals surface area (Å²) in [5.74, 6) is 0.703. The van der Waals surface area contributed by atoms with E-state index in [0.29, 0.717) is 10.8 Å². The highest BCUT2D eigenvalue weighted by Crippen LogP contribution is 2.40. The number of thiophene rings is 1. The molecule has 2 aromatic rings. The summed E-state index contributed by atoms with van der Waals surface area (Å²) in [6, 6.07) is 7.76. The average molecular weight is 444 g/mol. The molecule has 0 saturated heterocycles. The second-order valence-electron chi connectivity index (χ2n) is 5.11. The van der Waals surface area contributed by atoms with Crippen LogP contribution < -0.4 is 4.74 Å². The zero-order valence-electron chi connectivity index (χ0n) is 11.8. The van der Waals surface area contributed by atoms with Gasteiger partial charge in [0, 0.05) is 34.4 Å². The standard InChI is InChI=1S/C15H14BrCl2NOS.ClH/c1-19-6-5-11(9-7-14(17)21-13(9)8-19)20-12-4-2-3-10(16)15(12)18;/h2-4,7,11H,5-6,8H2,1H3;1H. The number of hydrogen-bond acceptors (Lipinski definition) is 3. The normalized spacial score (nSPS) is 18.3. The molecule has 0 fully saturated rings. The predicted molar refractivity (Wildman–Crippen MR) is 100 cm³/mol. The summed E-state index contributed by atoms with van der Waals surface area (Å²) in [6.45, 7) is 1.90. The van der Waals surface area contributed by atoms with E-state index in [-0.39, 0.29) is 18.5 Å². The van der Waals surface area contributed by atoms with Gasteiger partial charge in [-0.15, -0.1) is 23.7 Å². The summed E-state index contributed by atoms with van der Waals surface area (Å²) in [6.07, 6.45) is 0.903. The Balaban J connectivity index is 0.00000176. The Bertz CT molecular complexity index is 664. The molecule has 120 valence electrons. The number of fused-ring (bicyclic) bond motifs is 1. The summed E-state index contributed by atoms with van der Waals surface area (Å²) < 4.78 is 7.85. The lowest BCUT2D eigenvalue weighted by Gasteiger charge is -2.19. The molecule has 1 aromatic heterocycles. The lowest BCUT2D eigenvalue weighted by molar-refractivity contribution is 0.182. The van der Waals surface area contributed by atoms with Gasteiger partial charge in [-0.25, -0.2) is 0 Å². The van der Waals surface area contributed by atoms with E-state index in [1.54, 1.807) is 11.3 Å². The van der Waals surface area contributed by atoms with Crippen molar-refractivity contribution in [1.29, 1.82) is 0 Å². The fraction of sp³-hybridized carbons (Fsp3) is 0.333. The van der Waals surface area contributed by atoms with Gasteiger partial charge < -0.3 is 9.64 Å². The van der Waals surface area contributed by atoms with E-state index < -0.39 is 0 Å². The van der Waals surface area contributed by atoms with Crippen LogP contribution in [0, 0.1) is 0 Å². The summed E-state index contributed by atoms with van der Waals surface area (Å²) in [5, 5.41) is 0.609. The van der Waals surface area contributed by atoms with Crippen LogP contribution >= 0.6 is 62.9 Å². The molecular formula is C15H15BrCl3NOS. The highest BCUT2D eigenvalue weighted by molar-refractivity contribution is 9.10. The number of ether oxygens (including phenoxy) is 1. The monoisotopic (exact) mass is 441 g/mol. The smallest absolute Gasteiger partial charge is 0.139 e. The van der Waals surface area contributed by atoms with Gasteiger partial charge in [0.2, 0.25) is 0 Å². The van der Waals surface area contributed by atoms with Crippen LogP contribution in [-0.2, 0) is 6.54 Å². The first-order valence-electron chi connectivity index (χ1n) is 6.62. The minimum absolute atomic E-state index is 0. The molecule has 22 heavy (non-hydrogen) atoms. The van der Waals surface area contributed by atoms with E-state index in [9.17, 15) is 0 Å². The van der Waals surface area contributed by atoms with Crippen molar-refractivity contribution in [3.63, 3.8) is 0 Å². The molecule has 1 atom stereocenters. The van der Waals surface area contributed by atoms with Crippen molar-refractivity contribution < 1.29 is 4.74 Å². The first-order chi connectivity index (χ1) is 10.0. The largest absolute Gasteiger partial charge is 0.484 e. The van der Waals surface area contributed by atoms with E-state index in [1.807, 2.05) is 24.3 Å². The predicted octanol–water partition coefficient (Wildman–Crippen LogP) is 6.19. The third-order valence-corrected chi connectivity index (χ3v) is 6.07. The molecule has 0 saturated carbocycles. The second-order valence-corrected chi connectivity index (χ2v) is 8.11. The average Bonchev–Trinajstić information content (AvgIpc) is 2.73. The number of halogens is 4. The molecule has 0 bridgehead atoms. The van der Waals surface area contributed by atoms with Gasteiger partial charge >= 0.3 is 0 Å². The van der Waals surface area contributed by atoms with E-state index >= 15 is 0 Å². The maximum atomic E-state index is 6.31. The van der Waals surface area contributed by atoms with Crippen LogP contribution in [0.1, 0.15) is 23.0 Å². The highest BCUT2D eigenvalue weighted by Gasteiger charge is 2.25. The maximum Gasteiger partial charge on any atom is 0.139 e. The third kappa shape index (κ3) is 3.92. The van der Waals surface area contributed by atoms with Gasteiger partial charge in [-0.05, 0) is 41.2 Å². The molecule has 1 aliphatic rings. The summed E-state index contributed by atoms with van der Waals surface area (Å²) in [5.41, 5.74) is 1.19. The molecule has 0 N–H and O–H groups in total. The molecule has 1 unspecified atom stereocenters. The lowest BCUT2D eigenvalue weighted by atomic mass is 10.1. The highest BCUT2D eigenvalue weighted by atomic mass is 79.9. The Morgan fingerprint density at radius 2 is 2.14 bits per heavy atom. The minimum atomic E-state index is -0.0134. The topological polar surface area (TPSA) is 12.5 Å². The number of rotatable bonds is 2. The molecule has 3 rings (SSSR count). The van der Waals surface area contributed by atoms with Crippen LogP contribution in [0.4, 0.5) is 0 Å². The Morgan fingerprint density at radius 3 is 2.91 bits per heavy atom. The van der Waals surface area contributed by atoms with Crippen LogP contribution in [0.25, 0.3) is 0 Å². The van der Waals surface area contributed by atoms with E-state index in [1.165, 1.54) is 10.4 Å². The van der Waals surface area contributed by atoms with Gasteiger partial charge in [0.1, 0.15) is 11.9 Å². The van der Waals surface area contributed by atoms with Crippen LogP contribution in [-0.4, -0.2) is 18.5 Å². The first-order valence-corrected chi connectivity index (χ1v) is 8.98. The van der Waals surface area contributed by atoms with Gasteiger partial charge in [-0.2, -0.15) is 0 Å². The number of nitrogens with zero attached hydrogens (tertiary/aromatic N) is 1. The molecule has 0 spiro atoms. The molecule has 2 nitrogen and oxygen atoms in total. The van der Waals surface area contributed by atoms with E-state index in [2.05, 4.69) is 27.9 Å². The lowest BCUT2D eigenvalue weighted by Crippen LogP contribution is -2.18. The summed E-state index contributed by atoms with van der Waals surface area (Å²) >= 11 is 17.6. The molecule has 2 heterocycles. The molecule has 7 heteroatoms. The Kier molecular flexibility index (Phi) is 6.46. The number of benzene rings is 1. The van der Waals surface area contributed by atoms with Crippen molar-refractivity contribution in [2.24, 2.45) is 0 Å². The Labute approximate surface area is 158 Å². The zero-order chi connectivity index (χ0) is 15.0. The van der Waals surface area contributed by atoms with Crippen molar-refractivity contribution in [1.82, 2.24) is 4.90 Å². The Morgan fingerprint density at radius 1 is 1.36 bits per heavy atom. The van der Waals surface area contributed by atoms with Crippen molar-refractivity contribution in [2.45, 2.75) is 19.1 Å². The van der Waals surface area contributed by atoms with Crippen LogP contribution in [0.2, 0.25) is 9.36 Å². The van der Waals surface area contributed by atoms with Crippen LogP contribution in [0.15, 0.2) is 28.7 Å². The van der Waals surface area contributed by atoms with E-state index in [4.69, 9.17) is 27.9 Å². The van der Waals surface area contributed by atoms with Gasteiger partial charge in [0.15, 0.2) is 0 Å². The van der Waals surface area contributed by atoms with Gasteiger partial charge in [0.25, 0.3) is 0 Å². The molecule has 0 aliphatic carbocycles. The molecule has 0 amide bonds. The van der Waals surface area contributed by atoms with Crippen LogP contribution in [0.3, 0.4) is 0 Å². The van der Waals surface area contributed by atoms with Crippen molar-refractivity contribution in [3.05, 3.63) is 48.5 Å². The maximum absolute atomic E-state index is 6.31. The van der Waals surface area contributed by atoms with E-state index in [0.717, 1.165) is 28.3 Å². The fourth-order valence-electron chi connectivity index (χ4n) is 2.47. The third-order valence-electron chi connectivity index (χ3n) is 3.53. The minimum Gasteiger partial charge on any atom is -0.484 e. The number of hydrogen-bond donors (Lipinski definition) is 0. The van der Waals surface area contributed by atoms with Crippen LogP contribution in [0.5, 0.6) is 5.75 Å². The zero-order valence-corrected chi connectivity index (χ0v) is 16.5. The SMILES string of the molecule is CN1CCC(Oc2cccc(Br)c2Cl)c2cc(Cl)sc2C1.Cl. The molecule has 1 aliphatic heterocycles. The molecular weight excluding hydrogens is 429 g/mol. The van der Waals surface area contributed by atoms with Gasteiger partial charge in [-0.1, -0.05) is 29.3 Å². The first kappa shape index (κ1) is 18.4. The summed E-state index contributed by atoms with van der Waals surface area (Å²) in [4.78, 5) is 3.56. The van der Waals surface area contributed by atoms with Gasteiger partial charge in [-0.3, -0.25) is 0 Å².